The molecule has 3 atom stereocenters. The molecule has 1 aromatic heterocycles. The number of halogens is 3. The van der Waals surface area contributed by atoms with Gasteiger partial charge in [0.25, 0.3) is 0 Å². The largest absolute Gasteiger partial charge is 0.416 e. The van der Waals surface area contributed by atoms with Crippen molar-refractivity contribution in [3.8, 4) is 10.4 Å². The highest BCUT2D eigenvalue weighted by Crippen LogP contribution is 2.37. The molecule has 0 aliphatic carbocycles. The highest BCUT2D eigenvalue weighted by molar-refractivity contribution is 7.13. The molecular weight excluding hydrogens is 521 g/mol. The molecule has 1 aliphatic heterocycles. The van der Waals surface area contributed by atoms with E-state index in [0.717, 1.165) is 12.1 Å². The lowest BCUT2D eigenvalue weighted by Crippen LogP contribution is -2.57. The molecule has 8 nitrogen and oxygen atoms in total. The highest BCUT2D eigenvalue weighted by atomic mass is 32.1. The molecule has 2 heterocycles. The summed E-state index contributed by atoms with van der Waals surface area (Å²) in [5.41, 5.74) is 0.789. The number of hydrogen-bond acceptors (Lipinski definition) is 6. The van der Waals surface area contributed by atoms with Crippen molar-refractivity contribution in [3.63, 3.8) is 0 Å². The van der Waals surface area contributed by atoms with Gasteiger partial charge in [-0.15, -0.1) is 11.3 Å². The first kappa shape index (κ1) is 29.3. The van der Waals surface area contributed by atoms with Crippen LogP contribution in [-0.4, -0.2) is 57.4 Å². The molecule has 1 aliphatic rings. The van der Waals surface area contributed by atoms with Gasteiger partial charge in [0.15, 0.2) is 0 Å². The van der Waals surface area contributed by atoms with Gasteiger partial charge in [0.2, 0.25) is 17.7 Å². The summed E-state index contributed by atoms with van der Waals surface area (Å²) in [4.78, 5) is 44.3. The van der Waals surface area contributed by atoms with Crippen LogP contribution < -0.4 is 10.6 Å². The minimum Gasteiger partial charge on any atom is -0.391 e. The number of alkyl halides is 3. The number of amides is 3. The Morgan fingerprint density at radius 3 is 2.53 bits per heavy atom. The van der Waals surface area contributed by atoms with Crippen LogP contribution in [0.5, 0.6) is 0 Å². The summed E-state index contributed by atoms with van der Waals surface area (Å²) in [6.07, 6.45) is -4.73. The van der Waals surface area contributed by atoms with Crippen molar-refractivity contribution in [1.82, 2.24) is 20.5 Å². The number of β-amino-alcohol motifs (C(OH)–C–C–N with tert-alkyl or cyclic N) is 1. The Morgan fingerprint density at radius 1 is 1.29 bits per heavy atom. The third-order valence-electron chi connectivity index (χ3n) is 6.33. The number of aliphatic hydroxyl groups excluding tert-OH is 1. The highest BCUT2D eigenvalue weighted by Gasteiger charge is 2.44. The van der Waals surface area contributed by atoms with Gasteiger partial charge in [0.1, 0.15) is 12.1 Å². The first-order valence-electron chi connectivity index (χ1n) is 11.9. The van der Waals surface area contributed by atoms with Gasteiger partial charge in [-0.05, 0) is 35.6 Å². The number of nitrogens with one attached hydrogen (secondary N) is 2. The zero-order valence-corrected chi connectivity index (χ0v) is 22.4. The van der Waals surface area contributed by atoms with E-state index in [0.29, 0.717) is 16.1 Å². The predicted molar refractivity (Wildman–Crippen MR) is 137 cm³/mol. The number of aliphatic hydroxyl groups is 1. The molecule has 0 bridgehead atoms. The number of thiazole rings is 1. The normalized spacial score (nSPS) is 18.7. The first-order chi connectivity index (χ1) is 17.6. The molecule has 0 saturated carbocycles. The van der Waals surface area contributed by atoms with Crippen LogP contribution in [0.15, 0.2) is 36.4 Å². The second-order valence-electron chi connectivity index (χ2n) is 10.3. The molecule has 0 radical (unpaired) electrons. The van der Waals surface area contributed by atoms with Crippen LogP contribution in [0.2, 0.25) is 0 Å². The van der Waals surface area contributed by atoms with E-state index in [9.17, 15) is 32.7 Å². The number of likely N-dealkylation sites (tertiary alicyclic amines) is 1. The van der Waals surface area contributed by atoms with E-state index >= 15 is 0 Å². The SMILES string of the molecule is C=CC(=O)N[C@H](C(=O)N1C[C@H](O)C[C@H]1C(=O)NCc1ccc(-c2scnc2C)cc1C(F)(F)F)C(C)(C)C. The number of benzene rings is 1. The molecule has 1 aromatic carbocycles. The van der Waals surface area contributed by atoms with E-state index < -0.39 is 59.6 Å². The molecule has 3 rings (SSSR count). The number of nitrogens with zero attached hydrogens (tertiary/aromatic N) is 2. The molecule has 3 amide bonds. The lowest BCUT2D eigenvalue weighted by atomic mass is 9.85. The lowest BCUT2D eigenvalue weighted by Gasteiger charge is -2.35. The minimum absolute atomic E-state index is 0.0838. The summed E-state index contributed by atoms with van der Waals surface area (Å²) in [5, 5.41) is 15.3. The molecule has 2 aromatic rings. The molecule has 3 N–H and O–H groups in total. The summed E-state index contributed by atoms with van der Waals surface area (Å²) in [6, 6.07) is 1.75. The molecule has 1 saturated heterocycles. The Morgan fingerprint density at radius 2 is 1.97 bits per heavy atom. The topological polar surface area (TPSA) is 112 Å². The fourth-order valence-electron chi connectivity index (χ4n) is 4.34. The van der Waals surface area contributed by atoms with E-state index in [-0.39, 0.29) is 18.5 Å². The molecular formula is C26H31F3N4O4S. The number of rotatable bonds is 7. The van der Waals surface area contributed by atoms with Crippen molar-refractivity contribution in [1.29, 1.82) is 0 Å². The Hall–Kier alpha value is -3.25. The molecule has 0 unspecified atom stereocenters. The van der Waals surface area contributed by atoms with Crippen LogP contribution in [-0.2, 0) is 27.1 Å². The smallest absolute Gasteiger partial charge is 0.391 e. The van der Waals surface area contributed by atoms with Gasteiger partial charge in [-0.1, -0.05) is 39.5 Å². The van der Waals surface area contributed by atoms with Crippen molar-refractivity contribution in [3.05, 3.63) is 53.2 Å². The van der Waals surface area contributed by atoms with E-state index in [4.69, 9.17) is 0 Å². The average Bonchev–Trinajstić information content (AvgIpc) is 3.44. The molecule has 12 heteroatoms. The van der Waals surface area contributed by atoms with Gasteiger partial charge in [-0.3, -0.25) is 14.4 Å². The fourth-order valence-corrected chi connectivity index (χ4v) is 5.14. The van der Waals surface area contributed by atoms with Crippen molar-refractivity contribution >= 4 is 29.1 Å². The van der Waals surface area contributed by atoms with Gasteiger partial charge in [-0.25, -0.2) is 4.98 Å². The summed E-state index contributed by atoms with van der Waals surface area (Å²) in [6.45, 7) is 9.72. The van der Waals surface area contributed by atoms with Crippen molar-refractivity contribution in [2.75, 3.05) is 6.54 Å². The van der Waals surface area contributed by atoms with E-state index in [1.165, 1.54) is 22.3 Å². The Kier molecular flexibility index (Phi) is 8.67. The van der Waals surface area contributed by atoms with Crippen molar-refractivity contribution in [2.24, 2.45) is 5.41 Å². The molecule has 206 valence electrons. The second kappa shape index (κ2) is 11.2. The fraction of sp³-hybridized carbons (Fsp3) is 0.462. The standard InChI is InChI=1S/C26H31F3N4O4S/c1-6-20(35)32-22(25(3,4)5)24(37)33-12-17(34)10-19(33)23(36)30-11-16-8-7-15(9-18(16)26(27,28)29)21-14(2)31-13-38-21/h6-9,13,17,19,22,34H,1,10-12H2,2-5H3,(H,30,36)(H,32,35)/t17-,19+,22-/m1/s1. The van der Waals surface area contributed by atoms with Crippen LogP contribution in [0, 0.1) is 12.3 Å². The minimum atomic E-state index is -4.66. The Balaban J connectivity index is 1.81. The monoisotopic (exact) mass is 552 g/mol. The number of aromatic nitrogens is 1. The molecule has 0 spiro atoms. The first-order valence-corrected chi connectivity index (χ1v) is 12.8. The summed E-state index contributed by atoms with van der Waals surface area (Å²) in [7, 11) is 0. The van der Waals surface area contributed by atoms with Gasteiger partial charge < -0.3 is 20.6 Å². The third kappa shape index (κ3) is 6.60. The summed E-state index contributed by atoms with van der Waals surface area (Å²) < 4.78 is 41.7. The van der Waals surface area contributed by atoms with E-state index in [1.807, 2.05) is 0 Å². The van der Waals surface area contributed by atoms with Gasteiger partial charge in [0.05, 0.1) is 27.7 Å². The van der Waals surface area contributed by atoms with Gasteiger partial charge in [0, 0.05) is 19.5 Å². The Bertz CT molecular complexity index is 1220. The summed E-state index contributed by atoms with van der Waals surface area (Å²) in [5.74, 6) is -1.85. The zero-order valence-electron chi connectivity index (χ0n) is 21.6. The van der Waals surface area contributed by atoms with Crippen LogP contribution in [0.3, 0.4) is 0 Å². The predicted octanol–water partition coefficient (Wildman–Crippen LogP) is 3.43. The maximum absolute atomic E-state index is 13.9. The number of carbonyl (C=O) groups is 3. The number of aryl methyl sites for hydroxylation is 1. The summed E-state index contributed by atoms with van der Waals surface area (Å²) >= 11 is 1.23. The molecule has 1 fully saturated rings. The van der Waals surface area contributed by atoms with E-state index in [1.54, 1.807) is 39.3 Å². The zero-order chi connectivity index (χ0) is 28.4. The van der Waals surface area contributed by atoms with Crippen LogP contribution in [0.4, 0.5) is 13.2 Å². The van der Waals surface area contributed by atoms with E-state index in [2.05, 4.69) is 22.2 Å². The van der Waals surface area contributed by atoms with Crippen molar-refractivity contribution < 1.29 is 32.7 Å². The maximum atomic E-state index is 13.9. The third-order valence-corrected chi connectivity index (χ3v) is 7.30. The van der Waals surface area contributed by atoms with Crippen LogP contribution >= 0.6 is 11.3 Å². The quantitative estimate of drug-likeness (QED) is 0.456. The number of carbonyl (C=O) groups excluding carboxylic acids is 3. The second-order valence-corrected chi connectivity index (χ2v) is 11.1. The maximum Gasteiger partial charge on any atom is 0.416 e. The number of hydrogen-bond donors (Lipinski definition) is 3. The lowest BCUT2D eigenvalue weighted by molar-refractivity contribution is -0.143. The van der Waals surface area contributed by atoms with Gasteiger partial charge >= 0.3 is 6.18 Å². The molecule has 38 heavy (non-hydrogen) atoms. The van der Waals surface area contributed by atoms with Crippen molar-refractivity contribution in [2.45, 2.75) is 65.0 Å². The van der Waals surface area contributed by atoms with Gasteiger partial charge in [-0.2, -0.15) is 13.2 Å². The average molecular weight is 553 g/mol. The van der Waals surface area contributed by atoms with Crippen LogP contribution in [0.25, 0.3) is 10.4 Å². The Labute approximate surface area is 222 Å². The van der Waals surface area contributed by atoms with Crippen LogP contribution in [0.1, 0.15) is 44.0 Å².